The molecular formula is C41H55N7O10. The lowest BCUT2D eigenvalue weighted by Gasteiger charge is -2.50. The number of hydrogen-bond donors (Lipinski definition) is 9. The number of hydrogen-bond acceptors (Lipinski definition) is 9. The Morgan fingerprint density at radius 1 is 0.897 bits per heavy atom. The molecule has 17 heteroatoms. The first kappa shape index (κ1) is 43.4. The molecule has 314 valence electrons. The van der Waals surface area contributed by atoms with Crippen molar-refractivity contribution in [1.82, 2.24) is 21.3 Å². The van der Waals surface area contributed by atoms with Crippen LogP contribution in [0.25, 0.3) is 0 Å². The first-order valence-electron chi connectivity index (χ1n) is 19.8. The first-order chi connectivity index (χ1) is 27.6. The Bertz CT molecular complexity index is 1850. The van der Waals surface area contributed by atoms with Gasteiger partial charge in [0, 0.05) is 13.0 Å². The van der Waals surface area contributed by atoms with E-state index in [1.54, 1.807) is 30.3 Å². The summed E-state index contributed by atoms with van der Waals surface area (Å²) in [5.41, 5.74) is 13.9. The lowest BCUT2D eigenvalue weighted by molar-refractivity contribution is -0.143. The van der Waals surface area contributed by atoms with Gasteiger partial charge in [0.05, 0.1) is 19.1 Å². The molecule has 2 fully saturated rings. The number of carboxylic acids is 2. The Morgan fingerprint density at radius 3 is 2.34 bits per heavy atom. The molecule has 0 saturated heterocycles. The summed E-state index contributed by atoms with van der Waals surface area (Å²) in [6.45, 7) is 1.32. The number of aliphatic hydroxyl groups is 1. The van der Waals surface area contributed by atoms with E-state index in [4.69, 9.17) is 16.2 Å². The number of carbonyl (C=O) groups excluding carboxylic acids is 4. The predicted molar refractivity (Wildman–Crippen MR) is 211 cm³/mol. The molecule has 0 heterocycles. The molecule has 0 bridgehead atoms. The number of nitrogens with zero attached hydrogens (tertiary/aromatic N) is 1. The molecule has 3 aliphatic carbocycles. The van der Waals surface area contributed by atoms with Crippen LogP contribution in [0.3, 0.4) is 0 Å². The van der Waals surface area contributed by atoms with Gasteiger partial charge >= 0.3 is 11.9 Å². The van der Waals surface area contributed by atoms with Crippen LogP contribution in [0.15, 0.2) is 53.5 Å². The van der Waals surface area contributed by atoms with E-state index in [2.05, 4.69) is 39.2 Å². The van der Waals surface area contributed by atoms with Crippen molar-refractivity contribution in [3.63, 3.8) is 0 Å². The zero-order valence-corrected chi connectivity index (χ0v) is 32.7. The maximum Gasteiger partial charge on any atom is 0.326 e. The number of aryl methyl sites for hydroxylation is 1. The third-order valence-corrected chi connectivity index (χ3v) is 12.0. The maximum absolute atomic E-state index is 13.3. The fraction of sp³-hybridized carbons (Fsp3) is 0.537. The van der Waals surface area contributed by atoms with E-state index in [9.17, 15) is 44.1 Å². The van der Waals surface area contributed by atoms with Gasteiger partial charge in [-0.05, 0) is 103 Å². The fourth-order valence-electron chi connectivity index (χ4n) is 9.02. The second-order valence-corrected chi connectivity index (χ2v) is 15.8. The Morgan fingerprint density at radius 2 is 1.64 bits per heavy atom. The molecule has 58 heavy (non-hydrogen) atoms. The molecule has 0 spiro atoms. The van der Waals surface area contributed by atoms with Crippen molar-refractivity contribution in [1.29, 1.82) is 0 Å². The summed E-state index contributed by atoms with van der Waals surface area (Å²) in [5.74, 6) is -4.26. The molecule has 5 rings (SSSR count). The van der Waals surface area contributed by atoms with Crippen LogP contribution in [0.2, 0.25) is 0 Å². The van der Waals surface area contributed by atoms with Gasteiger partial charge in [0.1, 0.15) is 23.9 Å². The van der Waals surface area contributed by atoms with Crippen LogP contribution < -0.4 is 37.5 Å². The number of aliphatic hydroxyl groups excluding tert-OH is 1. The summed E-state index contributed by atoms with van der Waals surface area (Å²) in [6, 6.07) is 10.2. The highest BCUT2D eigenvalue weighted by Crippen LogP contribution is 2.60. The number of ether oxygens (including phenoxy) is 1. The van der Waals surface area contributed by atoms with Crippen molar-refractivity contribution in [3.8, 4) is 5.75 Å². The van der Waals surface area contributed by atoms with E-state index in [0.29, 0.717) is 29.1 Å². The van der Waals surface area contributed by atoms with E-state index in [0.717, 1.165) is 38.5 Å². The van der Waals surface area contributed by atoms with E-state index in [1.165, 1.54) is 11.1 Å². The SMILES string of the molecule is CC12CCC3c4ccc(OCC(=O)N[C@@H](CCCN=C(N)N)C(=O)NCC(=O)N[C@@H](CC(=O)O)C(=O)N[C@@H](Cc5ccccc5)C(=O)O)cc4CCC3C1CCC2O. The highest BCUT2D eigenvalue weighted by atomic mass is 16.5. The summed E-state index contributed by atoms with van der Waals surface area (Å²) in [4.78, 5) is 79.6. The number of aliphatic imine (C=N–C) groups is 1. The Balaban J connectivity index is 1.15. The minimum Gasteiger partial charge on any atom is -0.484 e. The topological polar surface area (TPSA) is 285 Å². The van der Waals surface area contributed by atoms with Crippen LogP contribution in [-0.4, -0.2) is 101 Å². The van der Waals surface area contributed by atoms with Gasteiger partial charge in [0.2, 0.25) is 17.7 Å². The number of guanidine groups is 1. The van der Waals surface area contributed by atoms with Gasteiger partial charge < -0.3 is 52.8 Å². The van der Waals surface area contributed by atoms with Crippen LogP contribution in [0.5, 0.6) is 5.75 Å². The zero-order chi connectivity index (χ0) is 42.0. The van der Waals surface area contributed by atoms with E-state index in [1.807, 2.05) is 12.1 Å². The van der Waals surface area contributed by atoms with Gasteiger partial charge in [-0.1, -0.05) is 43.3 Å². The highest BCUT2D eigenvalue weighted by Gasteiger charge is 2.54. The van der Waals surface area contributed by atoms with Crippen LogP contribution in [0, 0.1) is 17.3 Å². The van der Waals surface area contributed by atoms with Crippen molar-refractivity contribution in [2.75, 3.05) is 19.7 Å². The van der Waals surface area contributed by atoms with Crippen molar-refractivity contribution in [2.45, 2.75) is 101 Å². The van der Waals surface area contributed by atoms with Crippen molar-refractivity contribution in [3.05, 3.63) is 65.2 Å². The lowest BCUT2D eigenvalue weighted by atomic mass is 9.55. The monoisotopic (exact) mass is 805 g/mol. The standard InChI is InChI=1S/C41H55N7O10/c1-41-16-15-27-26-12-10-25(19-24(26)9-11-28(27)29(41)13-14-33(41)49)58-22-35(51)46-30(8-5-17-44-40(42)43)37(54)45-21-34(50)47-31(20-36(52)53)38(55)48-32(39(56)57)18-23-6-3-2-4-7-23/h2-4,6-7,10,12,19,27-33,49H,5,8-9,11,13-18,20-22H2,1H3,(H,45,54)(H,46,51)(H,47,50)(H,48,55)(H,52,53)(H,56,57)(H4,42,43,44)/t27?,28?,29?,30-,31-,32-,33?,41?/m0/s1. The molecule has 0 aromatic heterocycles. The Labute approximate surface area is 336 Å². The molecule has 2 aromatic rings. The number of rotatable bonds is 19. The fourth-order valence-corrected chi connectivity index (χ4v) is 9.02. The van der Waals surface area contributed by atoms with Crippen molar-refractivity contribution >= 4 is 41.5 Å². The molecule has 4 amide bonds. The molecule has 2 aromatic carbocycles. The Hall–Kier alpha value is -5.71. The van der Waals surface area contributed by atoms with Gasteiger partial charge in [-0.15, -0.1) is 0 Å². The average molecular weight is 806 g/mol. The van der Waals surface area contributed by atoms with E-state index >= 15 is 0 Å². The lowest BCUT2D eigenvalue weighted by Crippen LogP contribution is -2.55. The minimum absolute atomic E-state index is 0.0115. The quantitative estimate of drug-likeness (QED) is 0.0539. The van der Waals surface area contributed by atoms with Crippen LogP contribution >= 0.6 is 0 Å². The molecule has 11 N–H and O–H groups in total. The minimum atomic E-state index is -1.66. The highest BCUT2D eigenvalue weighted by molar-refractivity contribution is 5.95. The van der Waals surface area contributed by atoms with Crippen molar-refractivity contribution in [2.24, 2.45) is 33.7 Å². The van der Waals surface area contributed by atoms with Gasteiger partial charge in [0.25, 0.3) is 5.91 Å². The summed E-state index contributed by atoms with van der Waals surface area (Å²) < 4.78 is 5.86. The number of aliphatic carboxylic acids is 2. The first-order valence-corrected chi connectivity index (χ1v) is 19.8. The van der Waals surface area contributed by atoms with E-state index < -0.39 is 73.3 Å². The summed E-state index contributed by atoms with van der Waals surface area (Å²) in [7, 11) is 0. The zero-order valence-electron chi connectivity index (χ0n) is 32.7. The van der Waals surface area contributed by atoms with E-state index in [-0.39, 0.29) is 43.3 Å². The normalized spacial score (nSPS) is 23.3. The van der Waals surface area contributed by atoms with Gasteiger partial charge in [-0.3, -0.25) is 29.0 Å². The van der Waals surface area contributed by atoms with Crippen LogP contribution in [-0.2, 0) is 41.6 Å². The smallest absolute Gasteiger partial charge is 0.326 e. The largest absolute Gasteiger partial charge is 0.484 e. The molecule has 3 aliphatic rings. The number of benzene rings is 2. The maximum atomic E-state index is 13.3. The van der Waals surface area contributed by atoms with Gasteiger partial charge in [-0.25, -0.2) is 4.79 Å². The summed E-state index contributed by atoms with van der Waals surface area (Å²) in [5, 5.41) is 39.3. The predicted octanol–water partition coefficient (Wildman–Crippen LogP) is 0.709. The summed E-state index contributed by atoms with van der Waals surface area (Å²) >= 11 is 0. The molecule has 2 saturated carbocycles. The third-order valence-electron chi connectivity index (χ3n) is 12.0. The molecule has 8 atom stereocenters. The number of carboxylic acid groups (broad SMARTS) is 2. The average Bonchev–Trinajstić information content (AvgIpc) is 3.50. The number of nitrogens with two attached hydrogens (primary N) is 2. The third kappa shape index (κ3) is 11.2. The van der Waals surface area contributed by atoms with Gasteiger partial charge in [0.15, 0.2) is 12.6 Å². The molecule has 0 radical (unpaired) electrons. The number of fused-ring (bicyclic) bond motifs is 5. The molecule has 17 nitrogen and oxygen atoms in total. The molecule has 0 aliphatic heterocycles. The number of carbonyl (C=O) groups is 6. The van der Waals surface area contributed by atoms with Crippen LogP contribution in [0.1, 0.15) is 80.9 Å². The number of nitrogens with one attached hydrogen (secondary N) is 4. The summed E-state index contributed by atoms with van der Waals surface area (Å²) in [6.07, 6.45) is 5.05. The molecular weight excluding hydrogens is 750 g/mol. The number of amides is 4. The molecule has 5 unspecified atom stereocenters. The Kier molecular flexibility index (Phi) is 14.7. The second kappa shape index (κ2) is 19.6. The second-order valence-electron chi connectivity index (χ2n) is 15.8. The van der Waals surface area contributed by atoms with Crippen molar-refractivity contribution < 1.29 is 48.8 Å². The van der Waals surface area contributed by atoms with Gasteiger partial charge in [-0.2, -0.15) is 0 Å². The van der Waals surface area contributed by atoms with Crippen LogP contribution in [0.4, 0.5) is 0 Å².